The van der Waals surface area contributed by atoms with Crippen molar-refractivity contribution in [3.8, 4) is 0 Å². The summed E-state index contributed by atoms with van der Waals surface area (Å²) >= 11 is 0. The first-order valence-electron chi connectivity index (χ1n) is 9.68. The molecule has 0 spiro atoms. The summed E-state index contributed by atoms with van der Waals surface area (Å²) in [7, 11) is 0. The summed E-state index contributed by atoms with van der Waals surface area (Å²) in [6.07, 6.45) is 0. The molecule has 2 aromatic rings. The van der Waals surface area contributed by atoms with Crippen LogP contribution in [0.25, 0.3) is 0 Å². The quantitative estimate of drug-likeness (QED) is 0.537. The second-order valence-corrected chi connectivity index (χ2v) is 7.00. The van der Waals surface area contributed by atoms with Crippen molar-refractivity contribution in [3.05, 3.63) is 65.7 Å². The number of rotatable bonds is 9. The van der Waals surface area contributed by atoms with Crippen LogP contribution < -0.4 is 21.3 Å². The topological polar surface area (TPSA) is 82.3 Å². The Kier molecular flexibility index (Phi) is 8.49. The highest BCUT2D eigenvalue weighted by atomic mass is 16.2. The van der Waals surface area contributed by atoms with E-state index in [1.54, 1.807) is 0 Å². The van der Waals surface area contributed by atoms with Crippen molar-refractivity contribution >= 4 is 17.6 Å². The van der Waals surface area contributed by atoms with E-state index in [2.05, 4.69) is 21.3 Å². The Balaban J connectivity index is 1.93. The minimum atomic E-state index is -0.631. The number of hydrogen-bond acceptors (Lipinski definition) is 3. The maximum atomic E-state index is 12.7. The zero-order valence-corrected chi connectivity index (χ0v) is 16.8. The molecule has 0 aliphatic rings. The summed E-state index contributed by atoms with van der Waals surface area (Å²) in [6, 6.07) is 16.4. The third-order valence-corrected chi connectivity index (χ3v) is 4.31. The summed E-state index contributed by atoms with van der Waals surface area (Å²) in [6.45, 7) is 7.90. The van der Waals surface area contributed by atoms with Crippen LogP contribution in [0.2, 0.25) is 0 Å². The van der Waals surface area contributed by atoms with Crippen molar-refractivity contribution < 1.29 is 9.59 Å². The summed E-state index contributed by atoms with van der Waals surface area (Å²) < 4.78 is 0. The molecule has 0 bridgehead atoms. The third kappa shape index (κ3) is 7.04. The van der Waals surface area contributed by atoms with Gasteiger partial charge >= 0.3 is 6.03 Å². The molecule has 2 aromatic carbocycles. The largest absolute Gasteiger partial charge is 0.334 e. The van der Waals surface area contributed by atoms with Crippen LogP contribution in [0.4, 0.5) is 10.5 Å². The van der Waals surface area contributed by atoms with Gasteiger partial charge in [0.2, 0.25) is 5.91 Å². The lowest BCUT2D eigenvalue weighted by molar-refractivity contribution is -0.118. The van der Waals surface area contributed by atoms with E-state index in [0.29, 0.717) is 6.54 Å². The maximum Gasteiger partial charge on any atom is 0.315 e. The van der Waals surface area contributed by atoms with Crippen molar-refractivity contribution in [1.82, 2.24) is 16.0 Å². The first kappa shape index (κ1) is 21.4. The molecule has 0 aromatic heterocycles. The average Bonchev–Trinajstić information content (AvgIpc) is 2.69. The van der Waals surface area contributed by atoms with E-state index in [4.69, 9.17) is 0 Å². The normalized spacial score (nSPS) is 11.7. The lowest BCUT2D eigenvalue weighted by Crippen LogP contribution is -2.50. The summed E-state index contributed by atoms with van der Waals surface area (Å²) in [5.74, 6) is -0.280. The third-order valence-electron chi connectivity index (χ3n) is 4.31. The van der Waals surface area contributed by atoms with Gasteiger partial charge < -0.3 is 21.3 Å². The molecule has 2 rings (SSSR count). The summed E-state index contributed by atoms with van der Waals surface area (Å²) in [4.78, 5) is 25.0. The number of urea groups is 1. The monoisotopic (exact) mass is 382 g/mol. The van der Waals surface area contributed by atoms with Crippen molar-refractivity contribution in [2.75, 3.05) is 11.9 Å². The number of benzene rings is 2. The second-order valence-electron chi connectivity index (χ2n) is 7.00. The number of nitrogens with one attached hydrogen (secondary N) is 4. The highest BCUT2D eigenvalue weighted by Crippen LogP contribution is 2.13. The predicted molar refractivity (Wildman–Crippen MR) is 113 cm³/mol. The van der Waals surface area contributed by atoms with Gasteiger partial charge in [-0.25, -0.2) is 4.79 Å². The lowest BCUT2D eigenvalue weighted by atomic mass is 10.0. The van der Waals surface area contributed by atoms with Gasteiger partial charge in [-0.1, -0.05) is 63.2 Å². The molecule has 3 amide bonds. The summed E-state index contributed by atoms with van der Waals surface area (Å²) in [5, 5.41) is 11.8. The molecule has 6 nitrogen and oxygen atoms in total. The smallest absolute Gasteiger partial charge is 0.315 e. The predicted octanol–water partition coefficient (Wildman–Crippen LogP) is 3.26. The van der Waals surface area contributed by atoms with Gasteiger partial charge in [0.25, 0.3) is 0 Å². The highest BCUT2D eigenvalue weighted by Gasteiger charge is 2.24. The molecule has 0 saturated heterocycles. The van der Waals surface area contributed by atoms with Gasteiger partial charge in [0, 0.05) is 18.8 Å². The van der Waals surface area contributed by atoms with Gasteiger partial charge in [0.05, 0.1) is 0 Å². The molecule has 28 heavy (non-hydrogen) atoms. The van der Waals surface area contributed by atoms with E-state index in [1.807, 2.05) is 75.4 Å². The molecule has 1 atom stereocenters. The van der Waals surface area contributed by atoms with Crippen molar-refractivity contribution in [2.45, 2.75) is 39.9 Å². The van der Waals surface area contributed by atoms with Gasteiger partial charge in [0.15, 0.2) is 0 Å². The number of carbonyl (C=O) groups excluding carboxylic acids is 2. The maximum absolute atomic E-state index is 12.7. The Morgan fingerprint density at radius 1 is 0.929 bits per heavy atom. The first-order valence-corrected chi connectivity index (χ1v) is 9.68. The van der Waals surface area contributed by atoms with E-state index in [9.17, 15) is 9.59 Å². The van der Waals surface area contributed by atoms with Crippen LogP contribution >= 0.6 is 0 Å². The van der Waals surface area contributed by atoms with Crippen molar-refractivity contribution in [3.63, 3.8) is 0 Å². The van der Waals surface area contributed by atoms with E-state index >= 15 is 0 Å². The zero-order chi connectivity index (χ0) is 20.4. The average molecular weight is 383 g/mol. The Bertz CT molecular complexity index is 762. The van der Waals surface area contributed by atoms with Crippen LogP contribution in [-0.2, 0) is 17.9 Å². The van der Waals surface area contributed by atoms with Gasteiger partial charge in [-0.15, -0.1) is 0 Å². The molecular weight excluding hydrogens is 352 g/mol. The fourth-order valence-electron chi connectivity index (χ4n) is 2.75. The van der Waals surface area contributed by atoms with Crippen molar-refractivity contribution in [2.24, 2.45) is 5.92 Å². The SMILES string of the molecule is CCNCc1cccc(NC(=O)C(NC(=O)NCc2ccccc2)C(C)C)c1. The minimum Gasteiger partial charge on any atom is -0.334 e. The van der Waals surface area contributed by atoms with E-state index < -0.39 is 6.04 Å². The fourth-order valence-corrected chi connectivity index (χ4v) is 2.75. The number of amides is 3. The van der Waals surface area contributed by atoms with Crippen LogP contribution in [0.3, 0.4) is 0 Å². The number of hydrogen-bond donors (Lipinski definition) is 4. The molecule has 0 radical (unpaired) electrons. The summed E-state index contributed by atoms with van der Waals surface area (Å²) in [5.41, 5.74) is 2.81. The van der Waals surface area contributed by atoms with Crippen LogP contribution in [0.5, 0.6) is 0 Å². The Labute approximate surface area is 167 Å². The zero-order valence-electron chi connectivity index (χ0n) is 16.8. The molecule has 6 heteroatoms. The van der Waals surface area contributed by atoms with Gasteiger partial charge in [-0.2, -0.15) is 0 Å². The molecule has 4 N–H and O–H groups in total. The van der Waals surface area contributed by atoms with Crippen LogP contribution in [0.1, 0.15) is 31.9 Å². The van der Waals surface area contributed by atoms with Crippen molar-refractivity contribution in [1.29, 1.82) is 0 Å². The first-order chi connectivity index (χ1) is 13.5. The molecule has 0 aliphatic heterocycles. The van der Waals surface area contributed by atoms with Gasteiger partial charge in [-0.3, -0.25) is 4.79 Å². The van der Waals surface area contributed by atoms with E-state index in [0.717, 1.165) is 29.9 Å². The number of anilines is 1. The van der Waals surface area contributed by atoms with Crippen LogP contribution in [0, 0.1) is 5.92 Å². The second kappa shape index (κ2) is 11.1. The molecule has 0 fully saturated rings. The Morgan fingerprint density at radius 3 is 2.32 bits per heavy atom. The highest BCUT2D eigenvalue weighted by molar-refractivity contribution is 5.97. The van der Waals surface area contributed by atoms with Crippen LogP contribution in [0.15, 0.2) is 54.6 Å². The molecular formula is C22H30N4O2. The molecule has 1 unspecified atom stereocenters. The fraction of sp³-hybridized carbons (Fsp3) is 0.364. The lowest BCUT2D eigenvalue weighted by Gasteiger charge is -2.22. The minimum absolute atomic E-state index is 0.0487. The number of carbonyl (C=O) groups is 2. The molecule has 0 heterocycles. The Hall–Kier alpha value is -2.86. The van der Waals surface area contributed by atoms with Gasteiger partial charge in [0.1, 0.15) is 6.04 Å². The Morgan fingerprint density at radius 2 is 1.64 bits per heavy atom. The van der Waals surface area contributed by atoms with E-state index in [1.165, 1.54) is 0 Å². The van der Waals surface area contributed by atoms with Crippen LogP contribution in [-0.4, -0.2) is 24.5 Å². The van der Waals surface area contributed by atoms with E-state index in [-0.39, 0.29) is 17.9 Å². The van der Waals surface area contributed by atoms with Gasteiger partial charge in [-0.05, 0) is 35.7 Å². The standard InChI is InChI=1S/C22H30N4O2/c1-4-23-14-18-11-8-12-19(13-18)25-21(27)20(16(2)3)26-22(28)24-15-17-9-6-5-7-10-17/h5-13,16,20,23H,4,14-15H2,1-3H3,(H,25,27)(H2,24,26,28). The molecule has 150 valence electrons. The molecule has 0 saturated carbocycles. The molecule has 0 aliphatic carbocycles.